The second-order valence-electron chi connectivity index (χ2n) is 6.79. The molecule has 7 heteroatoms. The fourth-order valence-electron chi connectivity index (χ4n) is 3.55. The zero-order valence-corrected chi connectivity index (χ0v) is 17.2. The van der Waals surface area contributed by atoms with E-state index >= 15 is 0 Å². The van der Waals surface area contributed by atoms with Crippen LogP contribution in [0.15, 0.2) is 75.6 Å². The summed E-state index contributed by atoms with van der Waals surface area (Å²) >= 11 is 3.42. The standard InChI is InChI=1S/C22H17BrN4O2/c1-13-9-18-20(22(28)27(13)12-14-3-2-8-26-11-14)19(17(10-24)21(25)29-18)15-4-6-16(23)7-5-15/h2-9,11,19H,12,25H2,1H3/t19-/m1/s1. The maximum Gasteiger partial charge on any atom is 0.259 e. The largest absolute Gasteiger partial charge is 0.440 e. The van der Waals surface area contributed by atoms with Crippen LogP contribution in [0.5, 0.6) is 5.75 Å². The van der Waals surface area contributed by atoms with E-state index in [-0.39, 0.29) is 17.0 Å². The first-order valence-electron chi connectivity index (χ1n) is 8.96. The van der Waals surface area contributed by atoms with Gasteiger partial charge in [-0.2, -0.15) is 5.26 Å². The molecule has 0 bridgehead atoms. The number of nitrogens with zero attached hydrogens (tertiary/aromatic N) is 3. The predicted molar refractivity (Wildman–Crippen MR) is 112 cm³/mol. The number of nitrogens with two attached hydrogens (primary N) is 1. The van der Waals surface area contributed by atoms with Gasteiger partial charge in [0.05, 0.1) is 18.0 Å². The first kappa shape index (κ1) is 19.0. The molecule has 0 radical (unpaired) electrons. The molecule has 1 aliphatic rings. The quantitative estimate of drug-likeness (QED) is 0.660. The van der Waals surface area contributed by atoms with Gasteiger partial charge in [0.1, 0.15) is 17.4 Å². The van der Waals surface area contributed by atoms with Crippen LogP contribution in [0.2, 0.25) is 0 Å². The number of allylic oxidation sites excluding steroid dienone is 1. The van der Waals surface area contributed by atoms with Crippen molar-refractivity contribution in [2.24, 2.45) is 5.73 Å². The van der Waals surface area contributed by atoms with Crippen molar-refractivity contribution >= 4 is 15.9 Å². The normalized spacial score (nSPS) is 15.4. The lowest BCUT2D eigenvalue weighted by Crippen LogP contribution is -2.33. The predicted octanol–water partition coefficient (Wildman–Crippen LogP) is 3.58. The zero-order chi connectivity index (χ0) is 20.5. The number of aryl methyl sites for hydroxylation is 1. The number of nitriles is 1. The van der Waals surface area contributed by atoms with Crippen LogP contribution in [0, 0.1) is 18.3 Å². The lowest BCUT2D eigenvalue weighted by atomic mass is 9.84. The molecular formula is C22H17BrN4O2. The molecule has 3 aromatic rings. The lowest BCUT2D eigenvalue weighted by Gasteiger charge is -2.27. The summed E-state index contributed by atoms with van der Waals surface area (Å²) < 4.78 is 8.25. The summed E-state index contributed by atoms with van der Waals surface area (Å²) in [6.07, 6.45) is 3.42. The maximum atomic E-state index is 13.5. The van der Waals surface area contributed by atoms with Crippen molar-refractivity contribution in [2.45, 2.75) is 19.4 Å². The Labute approximate surface area is 176 Å². The molecule has 1 aliphatic heterocycles. The summed E-state index contributed by atoms with van der Waals surface area (Å²) in [5.41, 5.74) is 8.90. The van der Waals surface area contributed by atoms with Crippen LogP contribution < -0.4 is 16.0 Å². The van der Waals surface area contributed by atoms with Gasteiger partial charge in [-0.3, -0.25) is 9.78 Å². The van der Waals surface area contributed by atoms with Crippen molar-refractivity contribution in [1.29, 1.82) is 5.26 Å². The summed E-state index contributed by atoms with van der Waals surface area (Å²) in [7, 11) is 0. The Bertz CT molecular complexity index is 1210. The topological polar surface area (TPSA) is 93.9 Å². The molecule has 0 spiro atoms. The minimum atomic E-state index is -0.593. The average Bonchev–Trinajstić information content (AvgIpc) is 2.71. The van der Waals surface area contributed by atoms with Gasteiger partial charge in [-0.05, 0) is 36.2 Å². The molecule has 0 fully saturated rings. The van der Waals surface area contributed by atoms with Crippen LogP contribution in [0.4, 0.5) is 0 Å². The second kappa shape index (κ2) is 7.57. The molecule has 0 aliphatic carbocycles. The SMILES string of the molecule is Cc1cc2c(c(=O)n1Cc1cccnc1)[C@H](c1ccc(Br)cc1)C(C#N)=C(N)O2. The van der Waals surface area contributed by atoms with Crippen molar-refractivity contribution in [2.75, 3.05) is 0 Å². The summed E-state index contributed by atoms with van der Waals surface area (Å²) in [5, 5.41) is 9.73. The molecule has 0 saturated carbocycles. The van der Waals surface area contributed by atoms with Crippen LogP contribution in [0.25, 0.3) is 0 Å². The van der Waals surface area contributed by atoms with Crippen molar-refractivity contribution in [3.63, 3.8) is 0 Å². The van der Waals surface area contributed by atoms with Crippen molar-refractivity contribution in [1.82, 2.24) is 9.55 Å². The highest BCUT2D eigenvalue weighted by atomic mass is 79.9. The molecular weight excluding hydrogens is 432 g/mol. The van der Waals surface area contributed by atoms with Crippen LogP contribution in [0.1, 0.15) is 28.3 Å². The highest BCUT2D eigenvalue weighted by Gasteiger charge is 2.34. The number of benzene rings is 1. The molecule has 1 aromatic carbocycles. The van der Waals surface area contributed by atoms with E-state index in [1.807, 2.05) is 43.3 Å². The van der Waals surface area contributed by atoms with E-state index in [1.165, 1.54) is 0 Å². The molecule has 0 unspecified atom stereocenters. The minimum absolute atomic E-state index is 0.0247. The monoisotopic (exact) mass is 448 g/mol. The zero-order valence-electron chi connectivity index (χ0n) is 15.6. The number of ether oxygens (including phenoxy) is 1. The van der Waals surface area contributed by atoms with Crippen LogP contribution in [-0.2, 0) is 6.54 Å². The molecule has 2 aromatic heterocycles. The summed E-state index contributed by atoms with van der Waals surface area (Å²) in [4.78, 5) is 17.7. The van der Waals surface area contributed by atoms with Gasteiger partial charge in [0.15, 0.2) is 0 Å². The molecule has 1 atom stereocenters. The molecule has 6 nitrogen and oxygen atoms in total. The van der Waals surface area contributed by atoms with E-state index in [0.29, 0.717) is 17.9 Å². The molecule has 0 amide bonds. The van der Waals surface area contributed by atoms with Crippen molar-refractivity contribution in [3.05, 3.63) is 104 Å². The number of pyridine rings is 2. The molecule has 4 rings (SSSR count). The number of hydrogen-bond acceptors (Lipinski definition) is 5. The van der Waals surface area contributed by atoms with Gasteiger partial charge in [-0.1, -0.05) is 34.1 Å². The number of hydrogen-bond donors (Lipinski definition) is 1. The Balaban J connectivity index is 1.92. The van der Waals surface area contributed by atoms with Crippen molar-refractivity contribution < 1.29 is 4.74 Å². The maximum absolute atomic E-state index is 13.5. The lowest BCUT2D eigenvalue weighted by molar-refractivity contribution is 0.389. The van der Waals surface area contributed by atoms with Crippen LogP contribution >= 0.6 is 15.9 Å². The Hall–Kier alpha value is -3.37. The van der Waals surface area contributed by atoms with E-state index in [0.717, 1.165) is 21.3 Å². The molecule has 2 N–H and O–H groups in total. The van der Waals surface area contributed by atoms with Gasteiger partial charge in [0, 0.05) is 28.6 Å². The van der Waals surface area contributed by atoms with E-state index in [4.69, 9.17) is 10.5 Å². The third kappa shape index (κ3) is 3.43. The van der Waals surface area contributed by atoms with Gasteiger partial charge in [-0.15, -0.1) is 0 Å². The number of aromatic nitrogens is 2. The van der Waals surface area contributed by atoms with E-state index in [9.17, 15) is 10.1 Å². The van der Waals surface area contributed by atoms with Gasteiger partial charge in [-0.25, -0.2) is 0 Å². The summed E-state index contributed by atoms with van der Waals surface area (Å²) in [6, 6.07) is 15.2. The average molecular weight is 449 g/mol. The second-order valence-corrected chi connectivity index (χ2v) is 7.71. The van der Waals surface area contributed by atoms with Crippen molar-refractivity contribution in [3.8, 4) is 11.8 Å². The first-order chi connectivity index (χ1) is 14.0. The fourth-order valence-corrected chi connectivity index (χ4v) is 3.81. The third-order valence-corrected chi connectivity index (χ3v) is 5.49. The Kier molecular flexibility index (Phi) is 4.95. The Morgan fingerprint density at radius 3 is 2.72 bits per heavy atom. The van der Waals surface area contributed by atoms with Crippen LogP contribution in [-0.4, -0.2) is 9.55 Å². The van der Waals surface area contributed by atoms with E-state index in [1.54, 1.807) is 23.0 Å². The highest BCUT2D eigenvalue weighted by molar-refractivity contribution is 9.10. The van der Waals surface area contributed by atoms with Gasteiger partial charge in [0.25, 0.3) is 5.56 Å². The van der Waals surface area contributed by atoms with E-state index in [2.05, 4.69) is 27.0 Å². The summed E-state index contributed by atoms with van der Waals surface area (Å²) in [6.45, 7) is 2.22. The Morgan fingerprint density at radius 1 is 1.31 bits per heavy atom. The summed E-state index contributed by atoms with van der Waals surface area (Å²) in [5.74, 6) is -0.179. The molecule has 29 heavy (non-hydrogen) atoms. The smallest absolute Gasteiger partial charge is 0.259 e. The van der Waals surface area contributed by atoms with Gasteiger partial charge >= 0.3 is 0 Å². The number of halogens is 1. The molecule has 0 saturated heterocycles. The van der Waals surface area contributed by atoms with Crippen LogP contribution in [0.3, 0.4) is 0 Å². The van der Waals surface area contributed by atoms with Gasteiger partial charge in [0.2, 0.25) is 5.88 Å². The number of fused-ring (bicyclic) bond motifs is 1. The third-order valence-electron chi connectivity index (χ3n) is 4.96. The highest BCUT2D eigenvalue weighted by Crippen LogP contribution is 2.40. The minimum Gasteiger partial charge on any atom is -0.440 e. The molecule has 144 valence electrons. The van der Waals surface area contributed by atoms with Gasteiger partial charge < -0.3 is 15.0 Å². The number of rotatable bonds is 3. The first-order valence-corrected chi connectivity index (χ1v) is 9.75. The fraction of sp³-hybridized carbons (Fsp3) is 0.136. The Morgan fingerprint density at radius 2 is 2.07 bits per heavy atom. The van der Waals surface area contributed by atoms with E-state index < -0.39 is 5.92 Å². The molecule has 3 heterocycles.